The molecular weight excluding hydrogens is 384 g/mol. The van der Waals surface area contributed by atoms with Crippen LogP contribution in [0.3, 0.4) is 0 Å². The molecule has 0 aromatic heterocycles. The summed E-state index contributed by atoms with van der Waals surface area (Å²) in [5.74, 6) is 0.524. The number of guanidine groups is 1. The molecule has 0 saturated heterocycles. The van der Waals surface area contributed by atoms with E-state index in [2.05, 4.69) is 15.6 Å². The fourth-order valence-corrected chi connectivity index (χ4v) is 1.74. The summed E-state index contributed by atoms with van der Waals surface area (Å²) < 4.78 is 18.6. The van der Waals surface area contributed by atoms with Gasteiger partial charge in [0.1, 0.15) is 5.82 Å². The average molecular weight is 409 g/mol. The first kappa shape index (κ1) is 20.1. The summed E-state index contributed by atoms with van der Waals surface area (Å²) in [6, 6.07) is 5.25. The smallest absolute Gasteiger partial charge is 0.191 e. The summed E-state index contributed by atoms with van der Waals surface area (Å²) in [4.78, 5) is 4.38. The van der Waals surface area contributed by atoms with Gasteiger partial charge in [0.25, 0.3) is 0 Å². The highest BCUT2D eigenvalue weighted by molar-refractivity contribution is 14.0. The van der Waals surface area contributed by atoms with Crippen molar-refractivity contribution in [3.05, 3.63) is 35.1 Å². The summed E-state index contributed by atoms with van der Waals surface area (Å²) in [7, 11) is 1.65. The molecule has 1 rings (SSSR count). The number of methoxy groups -OCH3 is 1. The lowest BCUT2D eigenvalue weighted by molar-refractivity contribution is 0.208. The van der Waals surface area contributed by atoms with Crippen molar-refractivity contribution in [3.63, 3.8) is 0 Å². The largest absolute Gasteiger partial charge is 0.383 e. The van der Waals surface area contributed by atoms with E-state index in [-0.39, 0.29) is 35.8 Å². The maximum atomic E-state index is 13.6. The highest BCUT2D eigenvalue weighted by atomic mass is 127. The molecule has 0 amide bonds. The summed E-state index contributed by atoms with van der Waals surface area (Å²) in [6.45, 7) is 7.67. The monoisotopic (exact) mass is 409 g/mol. The quantitative estimate of drug-likeness (QED) is 0.329. The van der Waals surface area contributed by atoms with E-state index in [4.69, 9.17) is 4.74 Å². The number of nitrogens with zero attached hydrogens (tertiary/aromatic N) is 1. The molecule has 4 nitrogen and oxygen atoms in total. The maximum absolute atomic E-state index is 13.6. The van der Waals surface area contributed by atoms with Gasteiger partial charge in [0.05, 0.1) is 19.2 Å². The second-order valence-corrected chi connectivity index (χ2v) is 4.63. The van der Waals surface area contributed by atoms with Crippen LogP contribution in [0.2, 0.25) is 0 Å². The van der Waals surface area contributed by atoms with Crippen LogP contribution in [0.25, 0.3) is 0 Å². The van der Waals surface area contributed by atoms with Gasteiger partial charge in [-0.15, -0.1) is 24.0 Å². The highest BCUT2D eigenvalue weighted by Crippen LogP contribution is 2.16. The van der Waals surface area contributed by atoms with Crippen LogP contribution in [-0.4, -0.2) is 32.8 Å². The second-order valence-electron chi connectivity index (χ2n) is 4.63. The predicted octanol–water partition coefficient (Wildman–Crippen LogP) is 3.01. The van der Waals surface area contributed by atoms with Crippen LogP contribution in [0.15, 0.2) is 23.2 Å². The van der Waals surface area contributed by atoms with E-state index < -0.39 is 0 Å². The number of hydrogen-bond acceptors (Lipinski definition) is 2. The van der Waals surface area contributed by atoms with Gasteiger partial charge < -0.3 is 15.4 Å². The van der Waals surface area contributed by atoms with Gasteiger partial charge in [-0.2, -0.15) is 0 Å². The SMILES string of the molecule is CCNC(=NCCOC)NC(C)c1ccc(C)c(F)c1.I. The molecule has 2 N–H and O–H groups in total. The minimum atomic E-state index is -0.183. The van der Waals surface area contributed by atoms with Crippen LogP contribution in [-0.2, 0) is 4.74 Å². The van der Waals surface area contributed by atoms with E-state index in [0.29, 0.717) is 24.7 Å². The van der Waals surface area contributed by atoms with Crippen molar-refractivity contribution in [1.82, 2.24) is 10.6 Å². The summed E-state index contributed by atoms with van der Waals surface area (Å²) in [5.41, 5.74) is 1.55. The first-order chi connectivity index (χ1) is 9.58. The Hall–Kier alpha value is -0.890. The molecule has 0 aliphatic carbocycles. The van der Waals surface area contributed by atoms with Crippen molar-refractivity contribution >= 4 is 29.9 Å². The predicted molar refractivity (Wildman–Crippen MR) is 96.0 cm³/mol. The molecule has 0 bridgehead atoms. The van der Waals surface area contributed by atoms with Crippen molar-refractivity contribution in [2.75, 3.05) is 26.8 Å². The summed E-state index contributed by atoms with van der Waals surface area (Å²) >= 11 is 0. The fourth-order valence-electron chi connectivity index (χ4n) is 1.74. The van der Waals surface area contributed by atoms with Crippen molar-refractivity contribution in [3.8, 4) is 0 Å². The molecule has 1 aromatic rings. The molecule has 1 atom stereocenters. The van der Waals surface area contributed by atoms with E-state index in [1.807, 2.05) is 19.9 Å². The molecule has 120 valence electrons. The topological polar surface area (TPSA) is 45.7 Å². The maximum Gasteiger partial charge on any atom is 0.191 e. The zero-order chi connectivity index (χ0) is 15.0. The third kappa shape index (κ3) is 7.08. The minimum absolute atomic E-state index is 0. The van der Waals surface area contributed by atoms with Crippen molar-refractivity contribution < 1.29 is 9.13 Å². The number of hydrogen-bond donors (Lipinski definition) is 2. The van der Waals surface area contributed by atoms with Gasteiger partial charge in [0.2, 0.25) is 0 Å². The first-order valence-corrected chi connectivity index (χ1v) is 6.88. The molecule has 0 saturated carbocycles. The Balaban J connectivity index is 0.00000400. The average Bonchev–Trinajstić information content (AvgIpc) is 2.42. The Morgan fingerprint density at radius 3 is 2.71 bits per heavy atom. The molecule has 0 radical (unpaired) electrons. The van der Waals surface area contributed by atoms with Gasteiger partial charge in [-0.05, 0) is 38.0 Å². The van der Waals surface area contributed by atoms with Gasteiger partial charge in [-0.3, -0.25) is 4.99 Å². The molecule has 0 fully saturated rings. The molecule has 0 aliphatic heterocycles. The van der Waals surface area contributed by atoms with Gasteiger partial charge in [0.15, 0.2) is 5.96 Å². The number of aryl methyl sites for hydroxylation is 1. The summed E-state index contributed by atoms with van der Waals surface area (Å²) in [6.07, 6.45) is 0. The Kier molecular flexibility index (Phi) is 10.3. The molecule has 1 unspecified atom stereocenters. The van der Waals surface area contributed by atoms with Crippen LogP contribution in [0.5, 0.6) is 0 Å². The van der Waals surface area contributed by atoms with E-state index in [1.54, 1.807) is 26.2 Å². The molecule has 21 heavy (non-hydrogen) atoms. The Bertz CT molecular complexity index is 455. The van der Waals surface area contributed by atoms with Crippen LogP contribution < -0.4 is 10.6 Å². The number of benzene rings is 1. The fraction of sp³-hybridized carbons (Fsp3) is 0.533. The normalized spacial score (nSPS) is 12.5. The van der Waals surface area contributed by atoms with Crippen molar-refractivity contribution in [1.29, 1.82) is 0 Å². The van der Waals surface area contributed by atoms with Crippen LogP contribution in [0, 0.1) is 12.7 Å². The Morgan fingerprint density at radius 2 is 2.14 bits per heavy atom. The molecule has 0 heterocycles. The van der Waals surface area contributed by atoms with E-state index >= 15 is 0 Å². The van der Waals surface area contributed by atoms with Gasteiger partial charge in [-0.25, -0.2) is 4.39 Å². The Labute approximate surface area is 143 Å². The lowest BCUT2D eigenvalue weighted by Gasteiger charge is -2.18. The van der Waals surface area contributed by atoms with Crippen molar-refractivity contribution in [2.45, 2.75) is 26.8 Å². The molecule has 0 spiro atoms. The van der Waals surface area contributed by atoms with E-state index in [1.165, 1.54) is 0 Å². The standard InChI is InChI=1S/C15H24FN3O.HI/c1-5-17-15(18-8-9-20-4)19-12(3)13-7-6-11(2)14(16)10-13;/h6-7,10,12H,5,8-9H2,1-4H3,(H2,17,18,19);1H. The minimum Gasteiger partial charge on any atom is -0.383 e. The molecule has 0 aliphatic rings. The lowest BCUT2D eigenvalue weighted by atomic mass is 10.1. The lowest BCUT2D eigenvalue weighted by Crippen LogP contribution is -2.39. The van der Waals surface area contributed by atoms with E-state index in [9.17, 15) is 4.39 Å². The first-order valence-electron chi connectivity index (χ1n) is 6.88. The van der Waals surface area contributed by atoms with Crippen LogP contribution in [0.4, 0.5) is 4.39 Å². The van der Waals surface area contributed by atoms with Crippen molar-refractivity contribution in [2.24, 2.45) is 4.99 Å². The van der Waals surface area contributed by atoms with Gasteiger partial charge in [0, 0.05) is 13.7 Å². The third-order valence-corrected chi connectivity index (χ3v) is 2.96. The number of halogens is 2. The van der Waals surface area contributed by atoms with Gasteiger partial charge in [-0.1, -0.05) is 12.1 Å². The third-order valence-electron chi connectivity index (χ3n) is 2.96. The number of rotatable bonds is 6. The van der Waals surface area contributed by atoms with Crippen LogP contribution >= 0.6 is 24.0 Å². The zero-order valence-corrected chi connectivity index (χ0v) is 15.4. The molecule has 1 aromatic carbocycles. The second kappa shape index (κ2) is 10.8. The Morgan fingerprint density at radius 1 is 1.43 bits per heavy atom. The molecular formula is C15H25FIN3O. The zero-order valence-electron chi connectivity index (χ0n) is 13.1. The van der Waals surface area contributed by atoms with E-state index in [0.717, 1.165) is 12.1 Å². The highest BCUT2D eigenvalue weighted by Gasteiger charge is 2.09. The number of ether oxygens (including phenoxy) is 1. The molecule has 6 heteroatoms. The number of aliphatic imine (C=N–C) groups is 1. The summed E-state index contributed by atoms with van der Waals surface area (Å²) in [5, 5.41) is 6.41. The number of nitrogens with one attached hydrogen (secondary N) is 2. The van der Waals surface area contributed by atoms with Gasteiger partial charge >= 0.3 is 0 Å². The van der Waals surface area contributed by atoms with Crippen LogP contribution in [0.1, 0.15) is 31.0 Å².